The highest BCUT2D eigenvalue weighted by Gasteiger charge is 2.05. The van der Waals surface area contributed by atoms with Crippen molar-refractivity contribution in [3.8, 4) is 5.75 Å². The fourth-order valence-electron chi connectivity index (χ4n) is 1.26. The van der Waals surface area contributed by atoms with Crippen LogP contribution in [0.5, 0.6) is 5.75 Å². The van der Waals surface area contributed by atoms with Crippen LogP contribution in [0.4, 0.5) is 5.13 Å². The summed E-state index contributed by atoms with van der Waals surface area (Å²) in [6.45, 7) is 4.23. The highest BCUT2D eigenvalue weighted by molar-refractivity contribution is 7.15. The fraction of sp³-hybridized carbons (Fsp3) is 0.300. The van der Waals surface area contributed by atoms with Gasteiger partial charge in [0.1, 0.15) is 16.5 Å². The molecule has 0 amide bonds. The molecule has 16 heavy (non-hydrogen) atoms. The zero-order valence-corrected chi connectivity index (χ0v) is 9.88. The zero-order valence-electron chi connectivity index (χ0n) is 9.06. The van der Waals surface area contributed by atoms with Crippen molar-refractivity contribution < 1.29 is 5.11 Å². The third-order valence-electron chi connectivity index (χ3n) is 2.02. The van der Waals surface area contributed by atoms with Gasteiger partial charge >= 0.3 is 0 Å². The summed E-state index contributed by atoms with van der Waals surface area (Å²) in [5.41, 5.74) is 1.50. The van der Waals surface area contributed by atoms with Crippen molar-refractivity contribution in [1.82, 2.24) is 15.2 Å². The molecule has 0 fully saturated rings. The Balaban J connectivity index is 2.07. The molecule has 2 heterocycles. The molecule has 0 aliphatic carbocycles. The van der Waals surface area contributed by atoms with Crippen molar-refractivity contribution >= 4 is 16.5 Å². The third-order valence-corrected chi connectivity index (χ3v) is 2.82. The average Bonchev–Trinajstić information content (AvgIpc) is 2.66. The van der Waals surface area contributed by atoms with E-state index < -0.39 is 0 Å². The molecule has 0 aromatic carbocycles. The van der Waals surface area contributed by atoms with Gasteiger partial charge < -0.3 is 10.4 Å². The highest BCUT2D eigenvalue weighted by atomic mass is 32.1. The summed E-state index contributed by atoms with van der Waals surface area (Å²) in [6.07, 6.45) is 0. The fourth-order valence-corrected chi connectivity index (χ4v) is 1.85. The average molecular weight is 236 g/mol. The van der Waals surface area contributed by atoms with E-state index in [4.69, 9.17) is 0 Å². The zero-order chi connectivity index (χ0) is 11.5. The topological polar surface area (TPSA) is 70.9 Å². The second-order valence-electron chi connectivity index (χ2n) is 3.40. The van der Waals surface area contributed by atoms with E-state index in [1.165, 1.54) is 11.3 Å². The first-order valence-electron chi connectivity index (χ1n) is 4.84. The van der Waals surface area contributed by atoms with E-state index in [0.717, 1.165) is 15.8 Å². The van der Waals surface area contributed by atoms with Crippen molar-refractivity contribution in [3.05, 3.63) is 28.5 Å². The Labute approximate surface area is 97.2 Å². The van der Waals surface area contributed by atoms with Gasteiger partial charge in [-0.15, -0.1) is 10.2 Å². The summed E-state index contributed by atoms with van der Waals surface area (Å²) < 4.78 is 0. The van der Waals surface area contributed by atoms with E-state index in [-0.39, 0.29) is 5.75 Å². The molecule has 2 N–H and O–H groups in total. The van der Waals surface area contributed by atoms with Crippen LogP contribution in [0, 0.1) is 13.8 Å². The smallest absolute Gasteiger partial charge is 0.205 e. The number of nitrogens with zero attached hydrogens (tertiary/aromatic N) is 3. The Kier molecular flexibility index (Phi) is 3.00. The van der Waals surface area contributed by atoms with E-state index in [2.05, 4.69) is 20.5 Å². The minimum atomic E-state index is 0.194. The SMILES string of the molecule is Cc1ccc(O)c(CNc2nnc(C)s2)n1. The Bertz CT molecular complexity index is 497. The van der Waals surface area contributed by atoms with Crippen LogP contribution >= 0.6 is 11.3 Å². The molecule has 2 rings (SSSR count). The van der Waals surface area contributed by atoms with Gasteiger partial charge in [0.15, 0.2) is 0 Å². The first kappa shape index (κ1) is 10.8. The number of aromatic nitrogens is 3. The molecule has 5 nitrogen and oxygen atoms in total. The van der Waals surface area contributed by atoms with Crippen molar-refractivity contribution in [2.45, 2.75) is 20.4 Å². The summed E-state index contributed by atoms with van der Waals surface area (Å²) >= 11 is 1.47. The summed E-state index contributed by atoms with van der Waals surface area (Å²) in [7, 11) is 0. The maximum Gasteiger partial charge on any atom is 0.205 e. The van der Waals surface area contributed by atoms with E-state index in [1.54, 1.807) is 12.1 Å². The van der Waals surface area contributed by atoms with E-state index >= 15 is 0 Å². The molecule has 84 valence electrons. The number of hydrogen-bond acceptors (Lipinski definition) is 6. The molecule has 0 saturated carbocycles. The van der Waals surface area contributed by atoms with Gasteiger partial charge in [-0.1, -0.05) is 11.3 Å². The van der Waals surface area contributed by atoms with Gasteiger partial charge in [0.2, 0.25) is 5.13 Å². The molecule has 0 radical (unpaired) electrons. The second-order valence-corrected chi connectivity index (χ2v) is 4.58. The minimum Gasteiger partial charge on any atom is -0.506 e. The van der Waals surface area contributed by atoms with Crippen LogP contribution in [0.25, 0.3) is 0 Å². The molecule has 6 heteroatoms. The number of hydrogen-bond donors (Lipinski definition) is 2. The van der Waals surface area contributed by atoms with Gasteiger partial charge in [-0.3, -0.25) is 4.98 Å². The second kappa shape index (κ2) is 4.44. The Morgan fingerprint density at radius 1 is 1.31 bits per heavy atom. The lowest BCUT2D eigenvalue weighted by Crippen LogP contribution is -2.02. The van der Waals surface area contributed by atoms with Gasteiger partial charge in [0.25, 0.3) is 0 Å². The predicted molar refractivity (Wildman–Crippen MR) is 62.6 cm³/mol. The monoisotopic (exact) mass is 236 g/mol. The Morgan fingerprint density at radius 3 is 2.81 bits per heavy atom. The van der Waals surface area contributed by atoms with Gasteiger partial charge in [-0.25, -0.2) is 0 Å². The lowest BCUT2D eigenvalue weighted by molar-refractivity contribution is 0.464. The summed E-state index contributed by atoms with van der Waals surface area (Å²) in [4.78, 5) is 4.24. The molecule has 0 aliphatic rings. The molecule has 0 bridgehead atoms. The maximum atomic E-state index is 9.58. The lowest BCUT2D eigenvalue weighted by Gasteiger charge is -2.04. The van der Waals surface area contributed by atoms with Crippen molar-refractivity contribution in [3.63, 3.8) is 0 Å². The molecular weight excluding hydrogens is 224 g/mol. The third kappa shape index (κ3) is 2.46. The Hall–Kier alpha value is -1.69. The number of aromatic hydroxyl groups is 1. The van der Waals surface area contributed by atoms with Crippen LogP contribution in [0.15, 0.2) is 12.1 Å². The first-order valence-corrected chi connectivity index (χ1v) is 5.66. The molecule has 0 aliphatic heterocycles. The normalized spacial score (nSPS) is 10.4. The van der Waals surface area contributed by atoms with Gasteiger partial charge in [-0.2, -0.15) is 0 Å². The van der Waals surface area contributed by atoms with E-state index in [9.17, 15) is 5.11 Å². The standard InChI is InChI=1S/C10H12N4OS/c1-6-3-4-9(15)8(12-6)5-11-10-14-13-7(2)16-10/h3-4,15H,5H2,1-2H3,(H,11,14). The molecule has 0 saturated heterocycles. The van der Waals surface area contributed by atoms with E-state index in [1.807, 2.05) is 13.8 Å². The van der Waals surface area contributed by atoms with Gasteiger partial charge in [0.05, 0.1) is 6.54 Å². The lowest BCUT2D eigenvalue weighted by atomic mass is 10.3. The van der Waals surface area contributed by atoms with Crippen molar-refractivity contribution in [1.29, 1.82) is 0 Å². The molecule has 0 atom stereocenters. The molecule has 0 unspecified atom stereocenters. The number of pyridine rings is 1. The van der Waals surface area contributed by atoms with Crippen molar-refractivity contribution in [2.75, 3.05) is 5.32 Å². The summed E-state index contributed by atoms with van der Waals surface area (Å²) in [5.74, 6) is 0.194. The number of rotatable bonds is 3. The van der Waals surface area contributed by atoms with E-state index in [0.29, 0.717) is 12.2 Å². The quantitative estimate of drug-likeness (QED) is 0.851. The van der Waals surface area contributed by atoms with Crippen LogP contribution in [0.1, 0.15) is 16.4 Å². The number of nitrogens with one attached hydrogen (secondary N) is 1. The number of aryl methyl sites for hydroxylation is 2. The Morgan fingerprint density at radius 2 is 2.12 bits per heavy atom. The minimum absolute atomic E-state index is 0.194. The first-order chi connectivity index (χ1) is 7.65. The molecule has 2 aromatic rings. The maximum absolute atomic E-state index is 9.58. The van der Waals surface area contributed by atoms with Crippen LogP contribution < -0.4 is 5.32 Å². The molecular formula is C10H12N4OS. The largest absolute Gasteiger partial charge is 0.506 e. The summed E-state index contributed by atoms with van der Waals surface area (Å²) in [5, 5.41) is 22.1. The molecule has 2 aromatic heterocycles. The number of anilines is 1. The summed E-state index contributed by atoms with van der Waals surface area (Å²) in [6, 6.07) is 3.42. The van der Waals surface area contributed by atoms with Gasteiger partial charge in [-0.05, 0) is 26.0 Å². The van der Waals surface area contributed by atoms with Crippen LogP contribution in [0.2, 0.25) is 0 Å². The van der Waals surface area contributed by atoms with Crippen LogP contribution in [-0.4, -0.2) is 20.3 Å². The molecule has 0 spiro atoms. The van der Waals surface area contributed by atoms with Crippen molar-refractivity contribution in [2.24, 2.45) is 0 Å². The predicted octanol–water partition coefficient (Wildman–Crippen LogP) is 1.87. The van der Waals surface area contributed by atoms with Crippen LogP contribution in [-0.2, 0) is 6.54 Å². The highest BCUT2D eigenvalue weighted by Crippen LogP contribution is 2.18. The van der Waals surface area contributed by atoms with Gasteiger partial charge in [0, 0.05) is 5.69 Å². The van der Waals surface area contributed by atoms with Crippen LogP contribution in [0.3, 0.4) is 0 Å².